The number of carbonyl (C=O) groups excluding carboxylic acids is 1. The molecule has 0 fully saturated rings. The van der Waals surface area contributed by atoms with Crippen molar-refractivity contribution in [2.75, 3.05) is 37.3 Å². The quantitative estimate of drug-likeness (QED) is 0.479. The highest BCUT2D eigenvalue weighted by Crippen LogP contribution is 2.32. The maximum atomic E-state index is 12.7. The molecule has 0 saturated heterocycles. The first-order chi connectivity index (χ1) is 14.6. The summed E-state index contributed by atoms with van der Waals surface area (Å²) in [6.45, 7) is 7.35. The summed E-state index contributed by atoms with van der Waals surface area (Å²) in [7, 11) is 0. The minimum Gasteiger partial charge on any atom is -0.490 e. The number of nitrogens with two attached hydrogens (primary N) is 1. The monoisotopic (exact) mass is 457 g/mol. The minimum absolute atomic E-state index is 0.0157. The summed E-state index contributed by atoms with van der Waals surface area (Å²) in [6, 6.07) is 8.11. The summed E-state index contributed by atoms with van der Waals surface area (Å²) in [6.07, 6.45) is -4.18. The molecular weight excluding hydrogens is 431 g/mol. The average molecular weight is 458 g/mol. The Balaban J connectivity index is 1.87. The largest absolute Gasteiger partial charge is 0.490 e. The number of hydrogen-bond acceptors (Lipinski definition) is 4. The molecule has 0 aliphatic heterocycles. The van der Waals surface area contributed by atoms with Gasteiger partial charge in [0, 0.05) is 23.7 Å². The van der Waals surface area contributed by atoms with Crippen molar-refractivity contribution < 1.29 is 22.7 Å². The molecule has 0 bridgehead atoms. The average Bonchev–Trinajstić information content (AvgIpc) is 2.71. The number of halogens is 4. The third kappa shape index (κ3) is 7.63. The predicted molar refractivity (Wildman–Crippen MR) is 118 cm³/mol. The molecule has 2 rings (SSSR count). The maximum Gasteiger partial charge on any atom is 0.416 e. The first-order valence-corrected chi connectivity index (χ1v) is 10.4. The molecule has 9 heteroatoms. The summed E-state index contributed by atoms with van der Waals surface area (Å²) < 4.78 is 43.8. The van der Waals surface area contributed by atoms with Gasteiger partial charge in [-0.25, -0.2) is 0 Å². The summed E-state index contributed by atoms with van der Waals surface area (Å²) in [5, 5.41) is 2.71. The van der Waals surface area contributed by atoms with Gasteiger partial charge in [0.1, 0.15) is 12.4 Å². The SMILES string of the molecule is CCN(CC)CCOc1ccc(NC(=O)CCc2ccc(C(F)(F)F)cc2Cl)cc1N. The maximum absolute atomic E-state index is 12.7. The van der Waals surface area contributed by atoms with E-state index in [-0.39, 0.29) is 23.8 Å². The molecule has 31 heavy (non-hydrogen) atoms. The van der Waals surface area contributed by atoms with Gasteiger partial charge in [0.2, 0.25) is 5.91 Å². The van der Waals surface area contributed by atoms with Crippen LogP contribution in [0.3, 0.4) is 0 Å². The third-order valence-corrected chi connectivity index (χ3v) is 5.21. The standard InChI is InChI=1S/C22H27ClF3N3O2/c1-3-29(4-2)11-12-31-20-9-8-17(14-19(20)27)28-21(30)10-6-15-5-7-16(13-18(15)23)22(24,25)26/h5,7-9,13-14H,3-4,6,10-12,27H2,1-2H3,(H,28,30). The lowest BCUT2D eigenvalue weighted by molar-refractivity contribution is -0.137. The van der Waals surface area contributed by atoms with E-state index in [0.29, 0.717) is 29.3 Å². The van der Waals surface area contributed by atoms with Crippen LogP contribution in [-0.2, 0) is 17.4 Å². The molecule has 2 aromatic carbocycles. The Labute approximate surface area is 185 Å². The topological polar surface area (TPSA) is 67.6 Å². The molecular formula is C22H27ClF3N3O2. The molecule has 2 aromatic rings. The first-order valence-electron chi connectivity index (χ1n) is 10.0. The number of nitrogen functional groups attached to an aromatic ring is 1. The van der Waals surface area contributed by atoms with Gasteiger partial charge in [-0.1, -0.05) is 31.5 Å². The number of likely N-dealkylation sites (N-methyl/N-ethyl adjacent to an activating group) is 1. The van der Waals surface area contributed by atoms with Gasteiger partial charge in [-0.3, -0.25) is 4.79 Å². The van der Waals surface area contributed by atoms with Crippen LogP contribution >= 0.6 is 11.6 Å². The molecule has 0 aliphatic carbocycles. The number of nitrogens with one attached hydrogen (secondary N) is 1. The van der Waals surface area contributed by atoms with Gasteiger partial charge in [0.05, 0.1) is 11.3 Å². The van der Waals surface area contributed by atoms with Gasteiger partial charge >= 0.3 is 6.18 Å². The Hall–Kier alpha value is -2.45. The van der Waals surface area contributed by atoms with Gasteiger partial charge in [0.25, 0.3) is 0 Å². The fourth-order valence-corrected chi connectivity index (χ4v) is 3.26. The number of alkyl halides is 3. The highest BCUT2D eigenvalue weighted by Gasteiger charge is 2.30. The number of nitrogens with zero attached hydrogens (tertiary/aromatic N) is 1. The normalized spacial score (nSPS) is 11.6. The molecule has 0 unspecified atom stereocenters. The summed E-state index contributed by atoms with van der Waals surface area (Å²) in [4.78, 5) is 14.5. The third-order valence-electron chi connectivity index (χ3n) is 4.85. The number of rotatable bonds is 10. The number of benzene rings is 2. The van der Waals surface area contributed by atoms with E-state index < -0.39 is 11.7 Å². The Morgan fingerprint density at radius 2 is 1.87 bits per heavy atom. The van der Waals surface area contributed by atoms with E-state index in [2.05, 4.69) is 24.1 Å². The van der Waals surface area contributed by atoms with Crippen molar-refractivity contribution in [1.82, 2.24) is 4.90 Å². The van der Waals surface area contributed by atoms with Crippen molar-refractivity contribution in [2.24, 2.45) is 0 Å². The number of amides is 1. The van der Waals surface area contributed by atoms with Gasteiger partial charge < -0.3 is 20.7 Å². The van der Waals surface area contributed by atoms with Crippen molar-refractivity contribution in [3.05, 3.63) is 52.5 Å². The van der Waals surface area contributed by atoms with Gasteiger partial charge in [-0.15, -0.1) is 0 Å². The lowest BCUT2D eigenvalue weighted by atomic mass is 10.1. The molecule has 3 N–H and O–H groups in total. The fourth-order valence-electron chi connectivity index (χ4n) is 2.98. The molecule has 0 heterocycles. The highest BCUT2D eigenvalue weighted by atomic mass is 35.5. The van der Waals surface area contributed by atoms with E-state index in [1.165, 1.54) is 6.07 Å². The van der Waals surface area contributed by atoms with Crippen LogP contribution in [0.2, 0.25) is 5.02 Å². The summed E-state index contributed by atoms with van der Waals surface area (Å²) >= 11 is 5.93. The van der Waals surface area contributed by atoms with Crippen LogP contribution in [0.25, 0.3) is 0 Å². The Morgan fingerprint density at radius 1 is 1.16 bits per heavy atom. The van der Waals surface area contributed by atoms with Crippen molar-refractivity contribution in [3.63, 3.8) is 0 Å². The van der Waals surface area contributed by atoms with Crippen LogP contribution in [0.1, 0.15) is 31.4 Å². The van der Waals surface area contributed by atoms with Gasteiger partial charge in [-0.05, 0) is 55.4 Å². The van der Waals surface area contributed by atoms with Crippen molar-refractivity contribution in [3.8, 4) is 5.75 Å². The second kappa shape index (κ2) is 11.2. The van der Waals surface area contributed by atoms with E-state index in [0.717, 1.165) is 31.8 Å². The lowest BCUT2D eigenvalue weighted by Gasteiger charge is -2.18. The van der Waals surface area contributed by atoms with Crippen LogP contribution < -0.4 is 15.8 Å². The first kappa shape index (κ1) is 24.8. The fraction of sp³-hybridized carbons (Fsp3) is 0.409. The second-order valence-electron chi connectivity index (χ2n) is 6.98. The zero-order chi connectivity index (χ0) is 23.0. The van der Waals surface area contributed by atoms with E-state index in [4.69, 9.17) is 22.1 Å². The van der Waals surface area contributed by atoms with E-state index >= 15 is 0 Å². The molecule has 170 valence electrons. The van der Waals surface area contributed by atoms with Crippen LogP contribution in [0.15, 0.2) is 36.4 Å². The van der Waals surface area contributed by atoms with E-state index in [9.17, 15) is 18.0 Å². The summed E-state index contributed by atoms with van der Waals surface area (Å²) in [5.74, 6) is 0.243. The summed E-state index contributed by atoms with van der Waals surface area (Å²) in [5.41, 5.74) is 6.59. The lowest BCUT2D eigenvalue weighted by Crippen LogP contribution is -2.28. The van der Waals surface area contributed by atoms with Crippen LogP contribution in [0.5, 0.6) is 5.75 Å². The number of carbonyl (C=O) groups is 1. The molecule has 0 aliphatic rings. The Morgan fingerprint density at radius 3 is 2.45 bits per heavy atom. The van der Waals surface area contributed by atoms with Crippen molar-refractivity contribution in [1.29, 1.82) is 0 Å². The Kier molecular flexibility index (Phi) is 9.00. The zero-order valence-electron chi connectivity index (χ0n) is 17.6. The van der Waals surface area contributed by atoms with Crippen molar-refractivity contribution in [2.45, 2.75) is 32.9 Å². The molecule has 5 nitrogen and oxygen atoms in total. The number of ether oxygens (including phenoxy) is 1. The van der Waals surface area contributed by atoms with Crippen LogP contribution in [0.4, 0.5) is 24.5 Å². The predicted octanol–water partition coefficient (Wildman–Crippen LogP) is 5.23. The number of aryl methyl sites for hydroxylation is 1. The van der Waals surface area contributed by atoms with Gasteiger partial charge in [0.15, 0.2) is 0 Å². The highest BCUT2D eigenvalue weighted by molar-refractivity contribution is 6.31. The number of anilines is 2. The van der Waals surface area contributed by atoms with Crippen molar-refractivity contribution >= 4 is 28.9 Å². The zero-order valence-corrected chi connectivity index (χ0v) is 18.3. The molecule has 0 radical (unpaired) electrons. The smallest absolute Gasteiger partial charge is 0.416 e. The van der Waals surface area contributed by atoms with Gasteiger partial charge in [-0.2, -0.15) is 13.2 Å². The molecule has 0 spiro atoms. The molecule has 0 saturated carbocycles. The number of hydrogen-bond donors (Lipinski definition) is 2. The van der Waals surface area contributed by atoms with Crippen LogP contribution in [0, 0.1) is 0 Å². The second-order valence-corrected chi connectivity index (χ2v) is 7.39. The Bertz CT molecular complexity index is 887. The van der Waals surface area contributed by atoms with E-state index in [1.807, 2.05) is 0 Å². The minimum atomic E-state index is -4.46. The molecule has 1 amide bonds. The van der Waals surface area contributed by atoms with E-state index in [1.54, 1.807) is 18.2 Å². The van der Waals surface area contributed by atoms with Crippen LogP contribution in [-0.4, -0.2) is 37.0 Å². The molecule has 0 aromatic heterocycles. The molecule has 0 atom stereocenters.